The third-order valence-electron chi connectivity index (χ3n) is 2.93. The Labute approximate surface area is 113 Å². The van der Waals surface area contributed by atoms with E-state index in [1.54, 1.807) is 19.9 Å². The van der Waals surface area contributed by atoms with Crippen molar-refractivity contribution >= 4 is 11.6 Å². The van der Waals surface area contributed by atoms with E-state index < -0.39 is 11.7 Å². The lowest BCUT2D eigenvalue weighted by molar-refractivity contribution is -0.137. The molecule has 0 N–H and O–H groups in total. The van der Waals surface area contributed by atoms with Gasteiger partial charge in [-0.2, -0.15) is 13.2 Å². The number of halogens is 4. The summed E-state index contributed by atoms with van der Waals surface area (Å²) in [7, 11) is 0. The van der Waals surface area contributed by atoms with Gasteiger partial charge in [0.1, 0.15) is 0 Å². The van der Waals surface area contributed by atoms with E-state index in [1.165, 1.54) is 6.07 Å². The van der Waals surface area contributed by atoms with Crippen LogP contribution < -0.4 is 0 Å². The highest BCUT2D eigenvalue weighted by Crippen LogP contribution is 2.33. The minimum absolute atomic E-state index is 0.258. The van der Waals surface area contributed by atoms with Gasteiger partial charge in [-0.15, -0.1) is 10.2 Å². The molecule has 1 heterocycles. The first-order chi connectivity index (χ1) is 8.80. The topological polar surface area (TPSA) is 25.8 Å². The lowest BCUT2D eigenvalue weighted by atomic mass is 10.0. The van der Waals surface area contributed by atoms with Gasteiger partial charge in [0.25, 0.3) is 0 Å². The number of hydrogen-bond acceptors (Lipinski definition) is 2. The molecule has 0 aliphatic rings. The standard InChI is InChI=1S/C13H10ClF3N2/c1-7-8(2)12(14)19-18-11(7)9-4-3-5-10(6-9)13(15,16)17/h3-6H,1-2H3. The Balaban J connectivity index is 2.57. The lowest BCUT2D eigenvalue weighted by Crippen LogP contribution is -2.05. The van der Waals surface area contributed by atoms with E-state index in [0.29, 0.717) is 16.8 Å². The Hall–Kier alpha value is -1.62. The molecule has 6 heteroatoms. The quantitative estimate of drug-likeness (QED) is 0.775. The summed E-state index contributed by atoms with van der Waals surface area (Å²) in [6.45, 7) is 3.51. The fourth-order valence-electron chi connectivity index (χ4n) is 1.69. The summed E-state index contributed by atoms with van der Waals surface area (Å²) in [5.41, 5.74) is 1.51. The predicted molar refractivity (Wildman–Crippen MR) is 67.0 cm³/mol. The van der Waals surface area contributed by atoms with E-state index in [4.69, 9.17) is 11.6 Å². The molecule has 19 heavy (non-hydrogen) atoms. The molecule has 0 spiro atoms. The van der Waals surface area contributed by atoms with Crippen LogP contribution in [0, 0.1) is 13.8 Å². The number of hydrogen-bond donors (Lipinski definition) is 0. The molecule has 0 bridgehead atoms. The van der Waals surface area contributed by atoms with Gasteiger partial charge in [-0.05, 0) is 37.1 Å². The lowest BCUT2D eigenvalue weighted by Gasteiger charge is -2.11. The zero-order chi connectivity index (χ0) is 14.2. The number of rotatable bonds is 1. The van der Waals surface area contributed by atoms with Crippen molar-refractivity contribution < 1.29 is 13.2 Å². The minimum Gasteiger partial charge on any atom is -0.166 e. The zero-order valence-electron chi connectivity index (χ0n) is 10.2. The van der Waals surface area contributed by atoms with Crippen molar-refractivity contribution in [3.05, 3.63) is 46.1 Å². The maximum absolute atomic E-state index is 12.7. The monoisotopic (exact) mass is 286 g/mol. The van der Waals surface area contributed by atoms with E-state index in [9.17, 15) is 13.2 Å². The van der Waals surface area contributed by atoms with Crippen LogP contribution in [0.2, 0.25) is 5.15 Å². The summed E-state index contributed by atoms with van der Waals surface area (Å²) in [6.07, 6.45) is -4.38. The highest BCUT2D eigenvalue weighted by Gasteiger charge is 2.30. The van der Waals surface area contributed by atoms with Crippen molar-refractivity contribution in [2.24, 2.45) is 0 Å². The first-order valence-electron chi connectivity index (χ1n) is 5.47. The average Bonchev–Trinajstić information content (AvgIpc) is 2.35. The normalized spacial score (nSPS) is 11.7. The molecule has 0 aliphatic carbocycles. The van der Waals surface area contributed by atoms with Gasteiger partial charge in [-0.25, -0.2) is 0 Å². The second kappa shape index (κ2) is 4.81. The molecule has 0 saturated heterocycles. The van der Waals surface area contributed by atoms with Gasteiger partial charge in [0.2, 0.25) is 0 Å². The first-order valence-corrected chi connectivity index (χ1v) is 5.85. The molecule has 1 aromatic carbocycles. The predicted octanol–water partition coefficient (Wildman–Crippen LogP) is 4.43. The van der Waals surface area contributed by atoms with Crippen LogP contribution in [-0.4, -0.2) is 10.2 Å². The first kappa shape index (κ1) is 13.8. The van der Waals surface area contributed by atoms with Crippen molar-refractivity contribution in [1.29, 1.82) is 0 Å². The van der Waals surface area contributed by atoms with Crippen LogP contribution >= 0.6 is 11.6 Å². The summed E-state index contributed by atoms with van der Waals surface area (Å²) in [4.78, 5) is 0. The molecule has 1 aromatic heterocycles. The molecule has 0 amide bonds. The molecule has 0 aliphatic heterocycles. The molecule has 100 valence electrons. The molecule has 0 unspecified atom stereocenters. The van der Waals surface area contributed by atoms with Crippen LogP contribution in [0.5, 0.6) is 0 Å². The largest absolute Gasteiger partial charge is 0.416 e. The van der Waals surface area contributed by atoms with Crippen LogP contribution in [0.25, 0.3) is 11.3 Å². The van der Waals surface area contributed by atoms with E-state index >= 15 is 0 Å². The maximum Gasteiger partial charge on any atom is 0.416 e. The van der Waals surface area contributed by atoms with Crippen molar-refractivity contribution in [2.75, 3.05) is 0 Å². The number of nitrogens with zero attached hydrogens (tertiary/aromatic N) is 2. The average molecular weight is 287 g/mol. The zero-order valence-corrected chi connectivity index (χ0v) is 11.0. The Morgan fingerprint density at radius 2 is 1.74 bits per heavy atom. The summed E-state index contributed by atoms with van der Waals surface area (Å²) < 4.78 is 38.0. The fraction of sp³-hybridized carbons (Fsp3) is 0.231. The molecule has 2 nitrogen and oxygen atoms in total. The molecule has 0 fully saturated rings. The third kappa shape index (κ3) is 2.71. The maximum atomic E-state index is 12.7. The van der Waals surface area contributed by atoms with Gasteiger partial charge in [-0.1, -0.05) is 23.7 Å². The van der Waals surface area contributed by atoms with E-state index in [1.807, 2.05) is 0 Å². The molecule has 2 rings (SSSR count). The Bertz CT molecular complexity index is 624. The van der Waals surface area contributed by atoms with Gasteiger partial charge < -0.3 is 0 Å². The molecule has 0 saturated carbocycles. The van der Waals surface area contributed by atoms with Crippen molar-refractivity contribution in [2.45, 2.75) is 20.0 Å². The van der Waals surface area contributed by atoms with Crippen molar-refractivity contribution in [3.8, 4) is 11.3 Å². The highest BCUT2D eigenvalue weighted by molar-refractivity contribution is 6.30. The van der Waals surface area contributed by atoms with Crippen LogP contribution in [-0.2, 0) is 6.18 Å². The Morgan fingerprint density at radius 3 is 2.37 bits per heavy atom. The van der Waals surface area contributed by atoms with E-state index in [2.05, 4.69) is 10.2 Å². The van der Waals surface area contributed by atoms with Gasteiger partial charge in [0.15, 0.2) is 5.15 Å². The highest BCUT2D eigenvalue weighted by atomic mass is 35.5. The van der Waals surface area contributed by atoms with Crippen molar-refractivity contribution in [3.63, 3.8) is 0 Å². The number of alkyl halides is 3. The smallest absolute Gasteiger partial charge is 0.166 e. The third-order valence-corrected chi connectivity index (χ3v) is 3.29. The van der Waals surface area contributed by atoms with Crippen LogP contribution in [0.4, 0.5) is 13.2 Å². The summed E-state index contributed by atoms with van der Waals surface area (Å²) in [6, 6.07) is 5.00. The van der Waals surface area contributed by atoms with E-state index in [0.717, 1.165) is 17.7 Å². The van der Waals surface area contributed by atoms with Crippen molar-refractivity contribution in [1.82, 2.24) is 10.2 Å². The second-order valence-corrected chi connectivity index (χ2v) is 4.53. The van der Waals surface area contributed by atoms with Gasteiger partial charge >= 0.3 is 6.18 Å². The fourth-order valence-corrected chi connectivity index (χ4v) is 1.87. The van der Waals surface area contributed by atoms with Gasteiger partial charge in [0, 0.05) is 5.56 Å². The Kier molecular flexibility index (Phi) is 3.49. The van der Waals surface area contributed by atoms with Gasteiger partial charge in [0.05, 0.1) is 11.3 Å². The molecular formula is C13H10ClF3N2. The van der Waals surface area contributed by atoms with Gasteiger partial charge in [-0.3, -0.25) is 0 Å². The summed E-state index contributed by atoms with van der Waals surface area (Å²) in [5.74, 6) is 0. The molecular weight excluding hydrogens is 277 g/mol. The minimum atomic E-state index is -4.38. The number of aromatic nitrogens is 2. The molecule has 0 radical (unpaired) electrons. The van der Waals surface area contributed by atoms with Crippen LogP contribution in [0.1, 0.15) is 16.7 Å². The van der Waals surface area contributed by atoms with E-state index in [-0.39, 0.29) is 5.15 Å². The number of benzene rings is 1. The van der Waals surface area contributed by atoms with Crippen LogP contribution in [0.3, 0.4) is 0 Å². The second-order valence-electron chi connectivity index (χ2n) is 4.17. The molecule has 2 aromatic rings. The Morgan fingerprint density at radius 1 is 1.05 bits per heavy atom. The summed E-state index contributed by atoms with van der Waals surface area (Å²) in [5, 5.41) is 7.88. The molecule has 0 atom stereocenters. The van der Waals surface area contributed by atoms with Crippen LogP contribution in [0.15, 0.2) is 24.3 Å². The summed E-state index contributed by atoms with van der Waals surface area (Å²) >= 11 is 5.82. The SMILES string of the molecule is Cc1c(Cl)nnc(-c2cccc(C(F)(F)F)c2)c1C.